The van der Waals surface area contributed by atoms with Crippen LogP contribution in [-0.4, -0.2) is 64.5 Å². The van der Waals surface area contributed by atoms with Crippen LogP contribution in [0.4, 0.5) is 11.4 Å². The predicted molar refractivity (Wildman–Crippen MR) is 121 cm³/mol. The Kier molecular flexibility index (Phi) is 7.97. The number of nitrogens with one attached hydrogen (secondary N) is 3. The molecule has 0 bridgehead atoms. The minimum Gasteiger partial charge on any atom is -0.379 e. The highest BCUT2D eigenvalue weighted by Gasteiger charge is 2.16. The standard InChI is InChI=1S/C22H24N4O5S/c1-2-10-23-32(29,30)20-5-3-4-17(15-20)22(28)25-19-8-6-18(7-9-19)24-21(27)16-26-11-13-31-14-12-26/h1,3-9,15,23H,10-14,16H2,(H,24,27)(H,25,28). The van der Waals surface area contributed by atoms with Crippen molar-refractivity contribution in [3.63, 3.8) is 0 Å². The number of nitrogens with zero attached hydrogens (tertiary/aromatic N) is 1. The van der Waals surface area contributed by atoms with Gasteiger partial charge in [0.25, 0.3) is 5.91 Å². The molecule has 0 radical (unpaired) electrons. The van der Waals surface area contributed by atoms with Gasteiger partial charge in [0.2, 0.25) is 15.9 Å². The van der Waals surface area contributed by atoms with E-state index >= 15 is 0 Å². The zero-order chi connectivity index (χ0) is 23.0. The Balaban J connectivity index is 1.58. The van der Waals surface area contributed by atoms with E-state index in [0.29, 0.717) is 24.6 Å². The lowest BCUT2D eigenvalue weighted by Crippen LogP contribution is -2.41. The Bertz CT molecular complexity index is 1100. The summed E-state index contributed by atoms with van der Waals surface area (Å²) in [6, 6.07) is 12.3. The van der Waals surface area contributed by atoms with Crippen LogP contribution in [0.1, 0.15) is 10.4 Å². The molecule has 0 atom stereocenters. The molecule has 10 heteroatoms. The van der Waals surface area contributed by atoms with Crippen LogP contribution in [0.3, 0.4) is 0 Å². The van der Waals surface area contributed by atoms with Crippen molar-refractivity contribution in [3.05, 3.63) is 54.1 Å². The Labute approximate surface area is 187 Å². The zero-order valence-corrected chi connectivity index (χ0v) is 18.2. The third-order valence-corrected chi connectivity index (χ3v) is 6.07. The monoisotopic (exact) mass is 456 g/mol. The molecular weight excluding hydrogens is 432 g/mol. The summed E-state index contributed by atoms with van der Waals surface area (Å²) in [4.78, 5) is 26.7. The van der Waals surface area contributed by atoms with Crippen molar-refractivity contribution >= 4 is 33.2 Å². The summed E-state index contributed by atoms with van der Waals surface area (Å²) in [5, 5.41) is 5.53. The largest absolute Gasteiger partial charge is 0.379 e. The first kappa shape index (κ1) is 23.4. The van der Waals surface area contributed by atoms with Crippen LogP contribution in [-0.2, 0) is 19.6 Å². The number of benzene rings is 2. The Hall–Kier alpha value is -3.23. The number of ether oxygens (including phenoxy) is 1. The quantitative estimate of drug-likeness (QED) is 0.513. The van der Waals surface area contributed by atoms with Gasteiger partial charge < -0.3 is 15.4 Å². The van der Waals surface area contributed by atoms with Crippen LogP contribution >= 0.6 is 0 Å². The predicted octanol–water partition coefficient (Wildman–Crippen LogP) is 1.12. The first-order valence-corrected chi connectivity index (χ1v) is 11.4. The molecule has 0 aliphatic carbocycles. The molecule has 0 spiro atoms. The molecule has 0 aromatic heterocycles. The van der Waals surface area contributed by atoms with Crippen molar-refractivity contribution in [2.24, 2.45) is 0 Å². The van der Waals surface area contributed by atoms with Gasteiger partial charge in [0.1, 0.15) is 0 Å². The topological polar surface area (TPSA) is 117 Å². The van der Waals surface area contributed by atoms with E-state index in [1.807, 2.05) is 4.90 Å². The lowest BCUT2D eigenvalue weighted by molar-refractivity contribution is -0.118. The van der Waals surface area contributed by atoms with Crippen molar-refractivity contribution in [1.29, 1.82) is 0 Å². The second-order valence-corrected chi connectivity index (χ2v) is 8.79. The molecule has 1 heterocycles. The van der Waals surface area contributed by atoms with Crippen molar-refractivity contribution in [2.45, 2.75) is 4.90 Å². The van der Waals surface area contributed by atoms with Gasteiger partial charge in [-0.25, -0.2) is 8.42 Å². The number of hydrogen-bond acceptors (Lipinski definition) is 6. The van der Waals surface area contributed by atoms with E-state index in [0.717, 1.165) is 13.1 Å². The fraction of sp³-hybridized carbons (Fsp3) is 0.273. The van der Waals surface area contributed by atoms with E-state index in [9.17, 15) is 18.0 Å². The number of amides is 2. The van der Waals surface area contributed by atoms with Crippen LogP contribution < -0.4 is 15.4 Å². The lowest BCUT2D eigenvalue weighted by Gasteiger charge is -2.25. The summed E-state index contributed by atoms with van der Waals surface area (Å²) in [6.07, 6.45) is 5.09. The van der Waals surface area contributed by atoms with Crippen molar-refractivity contribution < 1.29 is 22.7 Å². The molecule has 0 unspecified atom stereocenters. The van der Waals surface area contributed by atoms with Gasteiger partial charge in [-0.2, -0.15) is 4.72 Å². The van der Waals surface area contributed by atoms with Crippen LogP contribution in [0.15, 0.2) is 53.4 Å². The van der Waals surface area contributed by atoms with E-state index in [1.165, 1.54) is 24.3 Å². The molecule has 9 nitrogen and oxygen atoms in total. The molecular formula is C22H24N4O5S. The average molecular weight is 457 g/mol. The molecule has 1 aliphatic heterocycles. The van der Waals surface area contributed by atoms with Crippen molar-refractivity contribution in [1.82, 2.24) is 9.62 Å². The van der Waals surface area contributed by atoms with Gasteiger partial charge >= 0.3 is 0 Å². The van der Waals surface area contributed by atoms with E-state index in [4.69, 9.17) is 11.2 Å². The SMILES string of the molecule is C#CCNS(=O)(=O)c1cccc(C(=O)Nc2ccc(NC(=O)CN3CCOCC3)cc2)c1. The summed E-state index contributed by atoms with van der Waals surface area (Å²) in [5.41, 5.74) is 1.28. The van der Waals surface area contributed by atoms with Crippen LogP contribution in [0.25, 0.3) is 0 Å². The number of morpholine rings is 1. The summed E-state index contributed by atoms with van der Waals surface area (Å²) in [5.74, 6) is 1.60. The smallest absolute Gasteiger partial charge is 0.255 e. The number of terminal acetylenes is 1. The fourth-order valence-corrected chi connectivity index (χ4v) is 4.01. The highest BCUT2D eigenvalue weighted by atomic mass is 32.2. The summed E-state index contributed by atoms with van der Waals surface area (Å²) >= 11 is 0. The molecule has 3 rings (SSSR count). The third-order valence-electron chi connectivity index (χ3n) is 4.67. The average Bonchev–Trinajstić information content (AvgIpc) is 2.79. The maximum absolute atomic E-state index is 12.5. The third kappa shape index (κ3) is 6.63. The molecule has 2 aromatic carbocycles. The van der Waals surface area contributed by atoms with Gasteiger partial charge in [-0.15, -0.1) is 6.42 Å². The van der Waals surface area contributed by atoms with Crippen LogP contribution in [0, 0.1) is 12.3 Å². The van der Waals surface area contributed by atoms with Gasteiger partial charge in [0, 0.05) is 30.0 Å². The van der Waals surface area contributed by atoms with Gasteiger partial charge in [0.05, 0.1) is 31.2 Å². The highest BCUT2D eigenvalue weighted by Crippen LogP contribution is 2.17. The van der Waals surface area contributed by atoms with E-state index in [1.54, 1.807) is 24.3 Å². The fourth-order valence-electron chi connectivity index (χ4n) is 3.03. The Morgan fingerprint density at radius 3 is 2.34 bits per heavy atom. The van der Waals surface area contributed by atoms with Crippen molar-refractivity contribution in [3.8, 4) is 12.3 Å². The molecule has 1 fully saturated rings. The molecule has 2 amide bonds. The zero-order valence-electron chi connectivity index (χ0n) is 17.3. The van der Waals surface area contributed by atoms with E-state index in [-0.39, 0.29) is 29.5 Å². The first-order chi connectivity index (χ1) is 15.4. The maximum Gasteiger partial charge on any atom is 0.255 e. The summed E-state index contributed by atoms with van der Waals surface area (Å²) in [7, 11) is -3.80. The van der Waals surface area contributed by atoms with Crippen LogP contribution in [0.2, 0.25) is 0 Å². The molecule has 168 valence electrons. The second kappa shape index (κ2) is 10.9. The summed E-state index contributed by atoms with van der Waals surface area (Å²) in [6.45, 7) is 2.84. The number of carbonyl (C=O) groups excluding carboxylic acids is 2. The van der Waals surface area contributed by atoms with Crippen LogP contribution in [0.5, 0.6) is 0 Å². The second-order valence-electron chi connectivity index (χ2n) is 7.02. The van der Waals surface area contributed by atoms with Gasteiger partial charge in [0.15, 0.2) is 0 Å². The molecule has 1 saturated heterocycles. The normalized spacial score (nSPS) is 14.3. The maximum atomic E-state index is 12.5. The number of anilines is 2. The molecule has 2 aromatic rings. The number of hydrogen-bond donors (Lipinski definition) is 3. The van der Waals surface area contributed by atoms with E-state index < -0.39 is 15.9 Å². The Morgan fingerprint density at radius 2 is 1.69 bits per heavy atom. The minimum absolute atomic E-state index is 0.0567. The highest BCUT2D eigenvalue weighted by molar-refractivity contribution is 7.89. The van der Waals surface area contributed by atoms with Gasteiger partial charge in [-0.3, -0.25) is 14.5 Å². The van der Waals surface area contributed by atoms with Gasteiger partial charge in [-0.1, -0.05) is 12.0 Å². The number of sulfonamides is 1. The molecule has 3 N–H and O–H groups in total. The van der Waals surface area contributed by atoms with Gasteiger partial charge in [-0.05, 0) is 42.5 Å². The lowest BCUT2D eigenvalue weighted by atomic mass is 10.2. The first-order valence-electron chi connectivity index (χ1n) is 9.92. The van der Waals surface area contributed by atoms with Crippen molar-refractivity contribution in [2.75, 3.05) is 50.0 Å². The molecule has 32 heavy (non-hydrogen) atoms. The van der Waals surface area contributed by atoms with E-state index in [2.05, 4.69) is 21.3 Å². The molecule has 1 aliphatic rings. The number of carbonyl (C=O) groups is 2. The Morgan fingerprint density at radius 1 is 1.03 bits per heavy atom. The summed E-state index contributed by atoms with van der Waals surface area (Å²) < 4.78 is 31.9. The number of rotatable bonds is 8. The minimum atomic E-state index is -3.80. The molecule has 0 saturated carbocycles.